The number of carbonyl (C=O) groups is 1. The second kappa shape index (κ2) is 6.37. The van der Waals surface area contributed by atoms with Gasteiger partial charge in [-0.25, -0.2) is 0 Å². The first-order chi connectivity index (χ1) is 7.99. The molecule has 94 valence electrons. The van der Waals surface area contributed by atoms with E-state index in [4.69, 9.17) is 5.73 Å². The van der Waals surface area contributed by atoms with Crippen molar-refractivity contribution in [3.63, 3.8) is 0 Å². The third-order valence-electron chi connectivity index (χ3n) is 2.59. The van der Waals surface area contributed by atoms with Crippen LogP contribution in [0.3, 0.4) is 0 Å². The van der Waals surface area contributed by atoms with Gasteiger partial charge in [-0.2, -0.15) is 0 Å². The van der Waals surface area contributed by atoms with Gasteiger partial charge in [-0.1, -0.05) is 12.1 Å². The van der Waals surface area contributed by atoms with Crippen LogP contribution < -0.4 is 11.1 Å². The molecule has 0 aromatic heterocycles. The highest BCUT2D eigenvalue weighted by molar-refractivity contribution is 5.92. The van der Waals surface area contributed by atoms with Crippen LogP contribution in [0.25, 0.3) is 0 Å². The number of benzene rings is 1. The Hall–Kier alpha value is -1.39. The highest BCUT2D eigenvalue weighted by Crippen LogP contribution is 2.05. The van der Waals surface area contributed by atoms with Gasteiger partial charge in [0.1, 0.15) is 0 Å². The van der Waals surface area contributed by atoms with Gasteiger partial charge in [0.25, 0.3) is 0 Å². The van der Waals surface area contributed by atoms with Crippen molar-refractivity contribution >= 4 is 5.91 Å². The van der Waals surface area contributed by atoms with Crippen LogP contribution in [0.5, 0.6) is 0 Å². The van der Waals surface area contributed by atoms with Crippen LogP contribution in [0, 0.1) is 0 Å². The molecule has 2 atom stereocenters. The molecule has 0 bridgehead atoms. The smallest absolute Gasteiger partial charge is 0.248 e. The molecule has 4 nitrogen and oxygen atoms in total. The Morgan fingerprint density at radius 1 is 1.35 bits per heavy atom. The zero-order chi connectivity index (χ0) is 12.8. The van der Waals surface area contributed by atoms with Crippen molar-refractivity contribution in [2.45, 2.75) is 39.0 Å². The van der Waals surface area contributed by atoms with Crippen LogP contribution >= 0.6 is 0 Å². The normalized spacial score (nSPS) is 14.3. The number of nitrogens with two attached hydrogens (primary N) is 1. The number of amides is 1. The predicted molar refractivity (Wildman–Crippen MR) is 67.6 cm³/mol. The SMILES string of the molecule is CC(O)CC(C)NCc1ccc(C(N)=O)cc1. The standard InChI is InChI=1S/C13H20N2O2/c1-9(7-10(2)16)15-8-11-3-5-12(6-4-11)13(14)17/h3-6,9-10,15-16H,7-8H2,1-2H3,(H2,14,17). The number of nitrogens with one attached hydrogen (secondary N) is 1. The molecule has 0 spiro atoms. The van der Waals surface area contributed by atoms with E-state index in [0.29, 0.717) is 12.1 Å². The maximum Gasteiger partial charge on any atom is 0.248 e. The molecule has 4 heteroatoms. The Kier molecular flexibility index (Phi) is 5.12. The second-order valence-electron chi connectivity index (χ2n) is 4.43. The van der Waals surface area contributed by atoms with Crippen LogP contribution in [0.4, 0.5) is 0 Å². The summed E-state index contributed by atoms with van der Waals surface area (Å²) in [6.07, 6.45) is 0.425. The van der Waals surface area contributed by atoms with Gasteiger partial charge >= 0.3 is 0 Å². The fraction of sp³-hybridized carbons (Fsp3) is 0.462. The molecule has 17 heavy (non-hydrogen) atoms. The molecule has 0 radical (unpaired) electrons. The molecule has 1 rings (SSSR count). The summed E-state index contributed by atoms with van der Waals surface area (Å²) in [7, 11) is 0. The topological polar surface area (TPSA) is 75.3 Å². The second-order valence-corrected chi connectivity index (χ2v) is 4.43. The molecular formula is C13H20N2O2. The average molecular weight is 236 g/mol. The summed E-state index contributed by atoms with van der Waals surface area (Å²) in [5.41, 5.74) is 6.77. The Balaban J connectivity index is 2.44. The predicted octanol–water partition coefficient (Wildman–Crippen LogP) is 1.03. The number of hydrogen-bond donors (Lipinski definition) is 3. The molecule has 0 aliphatic rings. The zero-order valence-corrected chi connectivity index (χ0v) is 10.3. The van der Waals surface area contributed by atoms with Gasteiger partial charge in [0.2, 0.25) is 5.91 Å². The molecule has 2 unspecified atom stereocenters. The molecule has 0 aliphatic carbocycles. The van der Waals surface area contributed by atoms with Gasteiger partial charge in [0.05, 0.1) is 6.10 Å². The quantitative estimate of drug-likeness (QED) is 0.690. The monoisotopic (exact) mass is 236 g/mol. The summed E-state index contributed by atoms with van der Waals surface area (Å²) in [6, 6.07) is 7.45. The third-order valence-corrected chi connectivity index (χ3v) is 2.59. The van der Waals surface area contributed by atoms with Gasteiger partial charge in [0.15, 0.2) is 0 Å². The lowest BCUT2D eigenvalue weighted by atomic mass is 10.1. The van der Waals surface area contributed by atoms with Crippen molar-refractivity contribution in [2.24, 2.45) is 5.73 Å². The van der Waals surface area contributed by atoms with E-state index < -0.39 is 5.91 Å². The van der Waals surface area contributed by atoms with Crippen LogP contribution in [0.1, 0.15) is 36.2 Å². The molecular weight excluding hydrogens is 216 g/mol. The Morgan fingerprint density at radius 3 is 2.41 bits per heavy atom. The van der Waals surface area contributed by atoms with E-state index in [2.05, 4.69) is 5.32 Å². The van der Waals surface area contributed by atoms with Crippen LogP contribution in [0.2, 0.25) is 0 Å². The fourth-order valence-corrected chi connectivity index (χ4v) is 1.67. The highest BCUT2D eigenvalue weighted by atomic mass is 16.3. The third kappa shape index (κ3) is 4.97. The van der Waals surface area contributed by atoms with Crippen molar-refractivity contribution in [3.05, 3.63) is 35.4 Å². The minimum absolute atomic E-state index is 0.255. The van der Waals surface area contributed by atoms with E-state index in [1.165, 1.54) is 0 Å². The van der Waals surface area contributed by atoms with Gasteiger partial charge in [-0.05, 0) is 38.0 Å². The van der Waals surface area contributed by atoms with Crippen molar-refractivity contribution in [1.29, 1.82) is 0 Å². The summed E-state index contributed by atoms with van der Waals surface area (Å²) in [4.78, 5) is 10.9. The van der Waals surface area contributed by atoms with E-state index in [0.717, 1.165) is 12.0 Å². The Bertz CT molecular complexity index is 360. The van der Waals surface area contributed by atoms with E-state index in [9.17, 15) is 9.90 Å². The lowest BCUT2D eigenvalue weighted by Crippen LogP contribution is -2.28. The maximum atomic E-state index is 10.9. The Labute approximate surface area is 102 Å². The van der Waals surface area contributed by atoms with Crippen molar-refractivity contribution in [3.8, 4) is 0 Å². The fourth-order valence-electron chi connectivity index (χ4n) is 1.67. The van der Waals surface area contributed by atoms with Crippen molar-refractivity contribution < 1.29 is 9.90 Å². The van der Waals surface area contributed by atoms with Gasteiger partial charge in [-0.15, -0.1) is 0 Å². The minimum atomic E-state index is -0.410. The molecule has 0 saturated heterocycles. The average Bonchev–Trinajstić information content (AvgIpc) is 2.26. The van der Waals surface area contributed by atoms with Crippen LogP contribution in [-0.2, 0) is 6.54 Å². The zero-order valence-electron chi connectivity index (χ0n) is 10.3. The summed E-state index contributed by atoms with van der Waals surface area (Å²) in [5, 5.41) is 12.5. The largest absolute Gasteiger partial charge is 0.393 e. The summed E-state index contributed by atoms with van der Waals surface area (Å²) in [6.45, 7) is 4.53. The number of carbonyl (C=O) groups excluding carboxylic acids is 1. The molecule has 1 aromatic rings. The van der Waals surface area contributed by atoms with E-state index in [1.54, 1.807) is 19.1 Å². The summed E-state index contributed by atoms with van der Waals surface area (Å²) in [5.74, 6) is -0.410. The van der Waals surface area contributed by atoms with Gasteiger partial charge in [-0.3, -0.25) is 4.79 Å². The summed E-state index contributed by atoms with van der Waals surface area (Å²) >= 11 is 0. The molecule has 1 aromatic carbocycles. The van der Waals surface area contributed by atoms with E-state index in [-0.39, 0.29) is 12.1 Å². The maximum absolute atomic E-state index is 10.9. The number of aliphatic hydroxyl groups excluding tert-OH is 1. The summed E-state index contributed by atoms with van der Waals surface area (Å²) < 4.78 is 0. The molecule has 0 saturated carbocycles. The van der Waals surface area contributed by atoms with E-state index in [1.807, 2.05) is 19.1 Å². The number of primary amides is 1. The molecule has 0 fully saturated rings. The molecule has 0 heterocycles. The van der Waals surface area contributed by atoms with Crippen LogP contribution in [0.15, 0.2) is 24.3 Å². The lowest BCUT2D eigenvalue weighted by molar-refractivity contribution is 0.1000. The molecule has 4 N–H and O–H groups in total. The number of aliphatic hydroxyl groups is 1. The van der Waals surface area contributed by atoms with Gasteiger partial charge < -0.3 is 16.2 Å². The minimum Gasteiger partial charge on any atom is -0.393 e. The molecule has 1 amide bonds. The van der Waals surface area contributed by atoms with Crippen molar-refractivity contribution in [1.82, 2.24) is 5.32 Å². The number of rotatable bonds is 6. The Morgan fingerprint density at radius 2 is 1.94 bits per heavy atom. The van der Waals surface area contributed by atoms with Crippen LogP contribution in [-0.4, -0.2) is 23.2 Å². The van der Waals surface area contributed by atoms with E-state index >= 15 is 0 Å². The van der Waals surface area contributed by atoms with Crippen molar-refractivity contribution in [2.75, 3.05) is 0 Å². The first kappa shape index (κ1) is 13.7. The lowest BCUT2D eigenvalue weighted by Gasteiger charge is -2.15. The van der Waals surface area contributed by atoms with Gasteiger partial charge in [0, 0.05) is 18.2 Å². The number of hydrogen-bond acceptors (Lipinski definition) is 3. The highest BCUT2D eigenvalue weighted by Gasteiger charge is 2.05. The molecule has 0 aliphatic heterocycles. The first-order valence-corrected chi connectivity index (χ1v) is 5.79. The first-order valence-electron chi connectivity index (χ1n) is 5.79.